The predicted molar refractivity (Wildman–Crippen MR) is 63.5 cm³/mol. The lowest BCUT2D eigenvalue weighted by atomic mass is 9.80. The van der Waals surface area contributed by atoms with E-state index in [0.717, 1.165) is 23.7 Å². The molecule has 0 N–H and O–H groups in total. The van der Waals surface area contributed by atoms with Gasteiger partial charge in [-0.05, 0) is 61.6 Å². The van der Waals surface area contributed by atoms with Crippen LogP contribution in [0.1, 0.15) is 32.1 Å². The maximum Gasteiger partial charge on any atom is 0.217 e. The van der Waals surface area contributed by atoms with Gasteiger partial charge in [-0.25, -0.2) is 0 Å². The second kappa shape index (κ2) is 3.38. The molecule has 0 radical (unpaired) electrons. The molecule has 0 heterocycles. The van der Waals surface area contributed by atoms with Gasteiger partial charge in [0.1, 0.15) is 6.10 Å². The van der Waals surface area contributed by atoms with Crippen molar-refractivity contribution in [1.29, 1.82) is 0 Å². The molecule has 0 aromatic heterocycles. The number of hydrogen-bond acceptors (Lipinski definition) is 2. The van der Waals surface area contributed by atoms with Gasteiger partial charge in [0.2, 0.25) is 4.38 Å². The van der Waals surface area contributed by atoms with Gasteiger partial charge in [0, 0.05) is 0 Å². The Hall–Kier alpha value is 0.240. The lowest BCUT2D eigenvalue weighted by molar-refractivity contribution is 0.0814. The summed E-state index contributed by atoms with van der Waals surface area (Å²) in [6.45, 7) is 0. The molecule has 0 amide bonds. The van der Waals surface area contributed by atoms with Crippen molar-refractivity contribution in [2.24, 2.45) is 23.7 Å². The Bertz CT molecular complexity index is 266. The maximum atomic E-state index is 5.65. The molecule has 3 aliphatic rings. The standard InChI is InChI=1S/C11H16OS2/c13-11(14)12-10-5-6-4-9(10)8-3-1-2-7(6)8/h6-10H,1-5H2,(H,13,14)/t6-,7-,8+,9+,10-/m1/s1. The number of thiol groups is 1. The molecule has 0 aromatic carbocycles. The smallest absolute Gasteiger partial charge is 0.217 e. The highest BCUT2D eigenvalue weighted by Gasteiger charge is 2.54. The third kappa shape index (κ3) is 1.32. The molecule has 14 heavy (non-hydrogen) atoms. The highest BCUT2D eigenvalue weighted by molar-refractivity contribution is 8.10. The number of thiocarbonyl (C=S) groups is 1. The number of ether oxygens (including phenoxy) is 1. The Balaban J connectivity index is 1.73. The van der Waals surface area contributed by atoms with Crippen LogP contribution in [0.2, 0.25) is 0 Å². The Kier molecular flexibility index (Phi) is 2.28. The van der Waals surface area contributed by atoms with Gasteiger partial charge in [-0.3, -0.25) is 0 Å². The number of hydrogen-bond donors (Lipinski definition) is 1. The summed E-state index contributed by atoms with van der Waals surface area (Å²) in [5.41, 5.74) is 0. The Morgan fingerprint density at radius 3 is 2.71 bits per heavy atom. The lowest BCUT2D eigenvalue weighted by Gasteiger charge is -2.31. The van der Waals surface area contributed by atoms with Gasteiger partial charge in [-0.1, -0.05) is 19.0 Å². The van der Waals surface area contributed by atoms with E-state index < -0.39 is 0 Å². The summed E-state index contributed by atoms with van der Waals surface area (Å²) < 4.78 is 6.09. The summed E-state index contributed by atoms with van der Waals surface area (Å²) >= 11 is 8.98. The maximum absolute atomic E-state index is 5.65. The third-order valence-corrected chi connectivity index (χ3v) is 4.82. The van der Waals surface area contributed by atoms with Crippen LogP contribution in [0.15, 0.2) is 0 Å². The normalized spacial score (nSPS) is 49.4. The zero-order valence-electron chi connectivity index (χ0n) is 8.19. The molecule has 3 aliphatic carbocycles. The molecule has 0 saturated heterocycles. The van der Waals surface area contributed by atoms with Gasteiger partial charge in [0.25, 0.3) is 0 Å². The van der Waals surface area contributed by atoms with Crippen molar-refractivity contribution in [1.82, 2.24) is 0 Å². The van der Waals surface area contributed by atoms with Gasteiger partial charge >= 0.3 is 0 Å². The first kappa shape index (κ1) is 9.46. The molecule has 2 bridgehead atoms. The van der Waals surface area contributed by atoms with Crippen LogP contribution in [-0.2, 0) is 4.74 Å². The van der Waals surface area contributed by atoms with Crippen molar-refractivity contribution in [3.63, 3.8) is 0 Å². The zero-order valence-corrected chi connectivity index (χ0v) is 9.90. The van der Waals surface area contributed by atoms with E-state index in [1.54, 1.807) is 0 Å². The minimum atomic E-state index is 0.407. The summed E-state index contributed by atoms with van der Waals surface area (Å²) in [5, 5.41) is 0. The second-order valence-electron chi connectivity index (χ2n) is 5.08. The van der Waals surface area contributed by atoms with Crippen LogP contribution in [0.5, 0.6) is 0 Å². The van der Waals surface area contributed by atoms with Gasteiger partial charge in [-0.2, -0.15) is 0 Å². The molecule has 3 fully saturated rings. The molecule has 5 atom stereocenters. The van der Waals surface area contributed by atoms with Gasteiger partial charge < -0.3 is 4.74 Å². The first-order valence-corrected chi connectivity index (χ1v) is 6.51. The van der Waals surface area contributed by atoms with E-state index in [4.69, 9.17) is 17.0 Å². The van der Waals surface area contributed by atoms with Crippen molar-refractivity contribution < 1.29 is 4.74 Å². The fourth-order valence-corrected chi connectivity index (χ4v) is 4.53. The molecular formula is C11H16OS2. The van der Waals surface area contributed by atoms with Gasteiger partial charge in [-0.15, -0.1) is 0 Å². The average Bonchev–Trinajstić information content (AvgIpc) is 2.68. The van der Waals surface area contributed by atoms with Crippen LogP contribution < -0.4 is 0 Å². The highest BCUT2D eigenvalue weighted by Crippen LogP contribution is 2.59. The molecule has 1 nitrogen and oxygen atoms in total. The Morgan fingerprint density at radius 2 is 1.93 bits per heavy atom. The van der Waals surface area contributed by atoms with Crippen LogP contribution in [0, 0.1) is 23.7 Å². The van der Waals surface area contributed by atoms with E-state index in [0.29, 0.717) is 10.5 Å². The fourth-order valence-electron chi connectivity index (χ4n) is 4.27. The molecule has 78 valence electrons. The first-order chi connectivity index (χ1) is 6.75. The van der Waals surface area contributed by atoms with E-state index in [1.807, 2.05) is 0 Å². The largest absolute Gasteiger partial charge is 0.475 e. The summed E-state index contributed by atoms with van der Waals surface area (Å²) in [7, 11) is 0. The summed E-state index contributed by atoms with van der Waals surface area (Å²) in [6, 6.07) is 0. The SMILES string of the molecule is S=C(S)O[C@@H]1C[C@H]2C[C@H]1[C@H]1CCC[C@H]21. The van der Waals surface area contributed by atoms with Gasteiger partial charge in [0.05, 0.1) is 0 Å². The highest BCUT2D eigenvalue weighted by atomic mass is 32.1. The molecule has 0 unspecified atom stereocenters. The van der Waals surface area contributed by atoms with Crippen LogP contribution in [0.4, 0.5) is 0 Å². The molecule has 0 aromatic rings. The lowest BCUT2D eigenvalue weighted by Crippen LogP contribution is -2.30. The minimum absolute atomic E-state index is 0.407. The van der Waals surface area contributed by atoms with E-state index in [2.05, 4.69) is 12.6 Å². The second-order valence-corrected chi connectivity index (χ2v) is 6.16. The van der Waals surface area contributed by atoms with Crippen LogP contribution in [0.3, 0.4) is 0 Å². The van der Waals surface area contributed by atoms with Gasteiger partial charge in [0.15, 0.2) is 0 Å². The summed E-state index contributed by atoms with van der Waals surface area (Å²) in [6.07, 6.45) is 7.41. The monoisotopic (exact) mass is 228 g/mol. The van der Waals surface area contributed by atoms with Crippen LogP contribution in [-0.4, -0.2) is 10.5 Å². The van der Waals surface area contributed by atoms with Crippen LogP contribution in [0.25, 0.3) is 0 Å². The molecule has 3 heteroatoms. The fraction of sp³-hybridized carbons (Fsp3) is 0.909. The zero-order chi connectivity index (χ0) is 9.71. The number of fused-ring (bicyclic) bond motifs is 5. The number of rotatable bonds is 1. The summed E-state index contributed by atoms with van der Waals surface area (Å²) in [4.78, 5) is 0. The van der Waals surface area contributed by atoms with Crippen LogP contribution >= 0.6 is 24.8 Å². The van der Waals surface area contributed by atoms with E-state index >= 15 is 0 Å². The molecule has 3 saturated carbocycles. The van der Waals surface area contributed by atoms with Crippen molar-refractivity contribution in [3.05, 3.63) is 0 Å². The topological polar surface area (TPSA) is 9.23 Å². The van der Waals surface area contributed by atoms with E-state index in [9.17, 15) is 0 Å². The average molecular weight is 228 g/mol. The van der Waals surface area contributed by atoms with Crippen molar-refractivity contribution >= 4 is 29.2 Å². The quantitative estimate of drug-likeness (QED) is 0.545. The minimum Gasteiger partial charge on any atom is -0.475 e. The molecule has 0 spiro atoms. The predicted octanol–water partition coefficient (Wildman–Crippen LogP) is 3.04. The molecule has 0 aliphatic heterocycles. The van der Waals surface area contributed by atoms with Crippen molar-refractivity contribution in [2.45, 2.75) is 38.2 Å². The first-order valence-electron chi connectivity index (χ1n) is 5.65. The van der Waals surface area contributed by atoms with E-state index in [1.165, 1.54) is 32.1 Å². The van der Waals surface area contributed by atoms with Crippen molar-refractivity contribution in [2.75, 3.05) is 0 Å². The molecular weight excluding hydrogens is 212 g/mol. The van der Waals surface area contributed by atoms with E-state index in [-0.39, 0.29) is 0 Å². The molecule has 3 rings (SSSR count). The Labute approximate surface area is 96.0 Å². The third-order valence-electron chi connectivity index (χ3n) is 4.62. The summed E-state index contributed by atoms with van der Waals surface area (Å²) in [5.74, 6) is 3.74. The Morgan fingerprint density at radius 1 is 1.14 bits per heavy atom. The van der Waals surface area contributed by atoms with Crippen molar-refractivity contribution in [3.8, 4) is 0 Å².